The summed E-state index contributed by atoms with van der Waals surface area (Å²) in [4.78, 5) is 3.91. The molecule has 0 bridgehead atoms. The normalized spacial score (nSPS) is 10.1. The quantitative estimate of drug-likeness (QED) is 0.798. The number of nitrogens with zero attached hydrogens (tertiary/aromatic N) is 2. The van der Waals surface area contributed by atoms with Crippen LogP contribution in [0.4, 0.5) is 8.78 Å². The molecule has 0 radical (unpaired) electrons. The Morgan fingerprint density at radius 2 is 2.33 bits per heavy atom. The average Bonchev–Trinajstić information content (AvgIpc) is 2.17. The third kappa shape index (κ3) is 2.63. The van der Waals surface area contributed by atoms with Crippen molar-refractivity contribution >= 4 is 15.9 Å². The highest BCUT2D eigenvalue weighted by molar-refractivity contribution is 9.10. The maximum absolute atomic E-state index is 12.6. The Kier molecular flexibility index (Phi) is 3.97. The Labute approximate surface area is 93.8 Å². The Morgan fingerprint density at radius 1 is 1.67 bits per heavy atom. The first-order valence-electron chi connectivity index (χ1n) is 3.98. The van der Waals surface area contributed by atoms with Crippen LogP contribution in [0.5, 0.6) is 5.75 Å². The number of pyridine rings is 1. The maximum Gasteiger partial charge on any atom is 0.267 e. The standard InChI is InChI=1S/C9H7BrF2N2O/c1-15-7-6(9(11)12)4-5(2-3-13)14-8(7)10/h4,9H,2H2,1H3. The Morgan fingerprint density at radius 3 is 2.80 bits per heavy atom. The summed E-state index contributed by atoms with van der Waals surface area (Å²) in [5.41, 5.74) is 0.0325. The molecular formula is C9H7BrF2N2O. The number of aromatic nitrogens is 1. The van der Waals surface area contributed by atoms with Crippen molar-refractivity contribution in [2.75, 3.05) is 7.11 Å². The topological polar surface area (TPSA) is 45.9 Å². The van der Waals surface area contributed by atoms with Crippen LogP contribution in [0.25, 0.3) is 0 Å². The van der Waals surface area contributed by atoms with Crippen molar-refractivity contribution in [2.45, 2.75) is 12.8 Å². The highest BCUT2D eigenvalue weighted by Gasteiger charge is 2.18. The SMILES string of the molecule is COc1c(C(F)F)cc(CC#N)nc1Br. The van der Waals surface area contributed by atoms with Crippen LogP contribution in [0, 0.1) is 11.3 Å². The van der Waals surface area contributed by atoms with E-state index >= 15 is 0 Å². The molecule has 0 saturated heterocycles. The van der Waals surface area contributed by atoms with E-state index in [0.717, 1.165) is 0 Å². The van der Waals surface area contributed by atoms with Gasteiger partial charge < -0.3 is 4.74 Å². The molecule has 0 fully saturated rings. The first-order valence-corrected chi connectivity index (χ1v) is 4.77. The van der Waals surface area contributed by atoms with Crippen LogP contribution < -0.4 is 4.74 Å². The highest BCUT2D eigenvalue weighted by atomic mass is 79.9. The molecular weight excluding hydrogens is 270 g/mol. The molecule has 1 aromatic heterocycles. The van der Waals surface area contributed by atoms with E-state index < -0.39 is 6.43 Å². The van der Waals surface area contributed by atoms with Crippen molar-refractivity contribution < 1.29 is 13.5 Å². The van der Waals surface area contributed by atoms with Gasteiger partial charge in [-0.2, -0.15) is 5.26 Å². The number of methoxy groups -OCH3 is 1. The van der Waals surface area contributed by atoms with Crippen LogP contribution in [0.3, 0.4) is 0 Å². The smallest absolute Gasteiger partial charge is 0.267 e. The molecule has 15 heavy (non-hydrogen) atoms. The lowest BCUT2D eigenvalue weighted by Gasteiger charge is -2.10. The van der Waals surface area contributed by atoms with E-state index in [0.29, 0.717) is 5.69 Å². The minimum atomic E-state index is -2.66. The van der Waals surface area contributed by atoms with Gasteiger partial charge in [0, 0.05) is 0 Å². The molecule has 0 aliphatic rings. The van der Waals surface area contributed by atoms with Crippen molar-refractivity contribution in [3.05, 3.63) is 21.9 Å². The number of hydrogen-bond acceptors (Lipinski definition) is 3. The van der Waals surface area contributed by atoms with Gasteiger partial charge in [0.15, 0.2) is 5.75 Å². The Balaban J connectivity index is 3.27. The van der Waals surface area contributed by atoms with Gasteiger partial charge >= 0.3 is 0 Å². The fourth-order valence-corrected chi connectivity index (χ4v) is 1.73. The van der Waals surface area contributed by atoms with Crippen LogP contribution in [0.2, 0.25) is 0 Å². The molecule has 6 heteroatoms. The third-order valence-electron chi connectivity index (χ3n) is 1.71. The van der Waals surface area contributed by atoms with Crippen LogP contribution in [-0.2, 0) is 6.42 Å². The molecule has 0 amide bonds. The minimum absolute atomic E-state index is 0.00619. The second-order valence-electron chi connectivity index (χ2n) is 2.66. The van der Waals surface area contributed by atoms with Gasteiger partial charge in [-0.25, -0.2) is 13.8 Å². The van der Waals surface area contributed by atoms with E-state index in [4.69, 9.17) is 10.00 Å². The van der Waals surface area contributed by atoms with Gasteiger partial charge in [0.25, 0.3) is 6.43 Å². The number of alkyl halides is 2. The zero-order chi connectivity index (χ0) is 11.4. The fourth-order valence-electron chi connectivity index (χ4n) is 1.11. The second-order valence-corrected chi connectivity index (χ2v) is 3.41. The molecule has 0 N–H and O–H groups in total. The van der Waals surface area contributed by atoms with Crippen molar-refractivity contribution in [3.8, 4) is 11.8 Å². The molecule has 1 aromatic rings. The molecule has 0 aromatic carbocycles. The summed E-state index contributed by atoms with van der Waals surface area (Å²) in [7, 11) is 1.29. The molecule has 0 saturated carbocycles. The van der Waals surface area contributed by atoms with Gasteiger partial charge in [-0.05, 0) is 22.0 Å². The summed E-state index contributed by atoms with van der Waals surface area (Å²) in [5, 5.41) is 8.44. The molecule has 0 atom stereocenters. The summed E-state index contributed by atoms with van der Waals surface area (Å²) in [6, 6.07) is 3.02. The fraction of sp³-hybridized carbons (Fsp3) is 0.333. The summed E-state index contributed by atoms with van der Waals surface area (Å²) < 4.78 is 30.2. The van der Waals surface area contributed by atoms with Gasteiger partial charge in [-0.1, -0.05) is 0 Å². The minimum Gasteiger partial charge on any atom is -0.493 e. The van der Waals surface area contributed by atoms with E-state index in [2.05, 4.69) is 20.9 Å². The van der Waals surface area contributed by atoms with Gasteiger partial charge in [-0.15, -0.1) is 0 Å². The number of hydrogen-bond donors (Lipinski definition) is 0. The van der Waals surface area contributed by atoms with E-state index in [1.807, 2.05) is 6.07 Å². The lowest BCUT2D eigenvalue weighted by molar-refractivity contribution is 0.146. The lowest BCUT2D eigenvalue weighted by Crippen LogP contribution is -1.99. The molecule has 3 nitrogen and oxygen atoms in total. The zero-order valence-corrected chi connectivity index (χ0v) is 9.38. The maximum atomic E-state index is 12.6. The summed E-state index contributed by atoms with van der Waals surface area (Å²) in [5.74, 6) is 0.00619. The third-order valence-corrected chi connectivity index (χ3v) is 2.25. The average molecular weight is 277 g/mol. The first kappa shape index (κ1) is 11.9. The molecule has 0 aliphatic carbocycles. The van der Waals surface area contributed by atoms with E-state index in [1.165, 1.54) is 13.2 Å². The molecule has 1 heterocycles. The van der Waals surface area contributed by atoms with Crippen molar-refractivity contribution in [1.82, 2.24) is 4.98 Å². The largest absolute Gasteiger partial charge is 0.493 e. The molecule has 80 valence electrons. The summed E-state index contributed by atoms with van der Waals surface area (Å²) >= 11 is 3.02. The summed E-state index contributed by atoms with van der Waals surface area (Å²) in [6.07, 6.45) is -2.67. The van der Waals surface area contributed by atoms with Crippen LogP contribution >= 0.6 is 15.9 Å². The first-order chi connectivity index (χ1) is 7.10. The lowest BCUT2D eigenvalue weighted by atomic mass is 10.2. The molecule has 0 aliphatic heterocycles. The monoisotopic (exact) mass is 276 g/mol. The van der Waals surface area contributed by atoms with Crippen LogP contribution in [-0.4, -0.2) is 12.1 Å². The number of halogens is 3. The van der Waals surface area contributed by atoms with Crippen molar-refractivity contribution in [3.63, 3.8) is 0 Å². The van der Waals surface area contributed by atoms with Crippen LogP contribution in [0.15, 0.2) is 10.7 Å². The highest BCUT2D eigenvalue weighted by Crippen LogP contribution is 2.34. The zero-order valence-electron chi connectivity index (χ0n) is 7.80. The summed E-state index contributed by atoms with van der Waals surface area (Å²) in [6.45, 7) is 0. The Bertz CT molecular complexity index is 404. The van der Waals surface area contributed by atoms with Crippen LogP contribution in [0.1, 0.15) is 17.7 Å². The number of rotatable bonds is 3. The molecule has 0 unspecified atom stereocenters. The van der Waals surface area contributed by atoms with Crippen molar-refractivity contribution in [2.24, 2.45) is 0 Å². The second kappa shape index (κ2) is 5.03. The van der Waals surface area contributed by atoms with E-state index in [1.54, 1.807) is 0 Å². The molecule has 1 rings (SSSR count). The molecule has 0 spiro atoms. The number of ether oxygens (including phenoxy) is 1. The number of nitriles is 1. The van der Waals surface area contributed by atoms with Gasteiger partial charge in [0.1, 0.15) is 4.60 Å². The van der Waals surface area contributed by atoms with Gasteiger partial charge in [0.05, 0.1) is 30.9 Å². The Hall–Kier alpha value is -1.22. The van der Waals surface area contributed by atoms with Crippen molar-refractivity contribution in [1.29, 1.82) is 5.26 Å². The van der Waals surface area contributed by atoms with E-state index in [9.17, 15) is 8.78 Å². The predicted molar refractivity (Wildman–Crippen MR) is 52.8 cm³/mol. The van der Waals surface area contributed by atoms with Gasteiger partial charge in [0.2, 0.25) is 0 Å². The van der Waals surface area contributed by atoms with E-state index in [-0.39, 0.29) is 22.3 Å². The predicted octanol–water partition coefficient (Wildman–Crippen LogP) is 2.86. The van der Waals surface area contributed by atoms with Gasteiger partial charge in [-0.3, -0.25) is 0 Å².